The second-order valence-electron chi connectivity index (χ2n) is 5.90. The summed E-state index contributed by atoms with van der Waals surface area (Å²) >= 11 is 3.62. The summed E-state index contributed by atoms with van der Waals surface area (Å²) in [5.74, 6) is 0. The van der Waals surface area contributed by atoms with E-state index in [9.17, 15) is 0 Å². The lowest BCUT2D eigenvalue weighted by molar-refractivity contribution is 0.554. The van der Waals surface area contributed by atoms with Crippen LogP contribution < -0.4 is 10.6 Å². The molecule has 1 unspecified atom stereocenters. The summed E-state index contributed by atoms with van der Waals surface area (Å²) in [7, 11) is 0. The van der Waals surface area contributed by atoms with Crippen LogP contribution in [0.3, 0.4) is 0 Å². The molecule has 1 aliphatic rings. The summed E-state index contributed by atoms with van der Waals surface area (Å²) < 4.78 is 1.17. The van der Waals surface area contributed by atoms with Crippen molar-refractivity contribution in [1.29, 1.82) is 0 Å². The van der Waals surface area contributed by atoms with E-state index in [1.54, 1.807) is 0 Å². The molecule has 0 spiro atoms. The van der Waals surface area contributed by atoms with E-state index in [2.05, 4.69) is 46.0 Å². The topological polar surface area (TPSA) is 29.3 Å². The minimum Gasteiger partial charge on any atom is -0.371 e. The minimum atomic E-state index is 0.268. The van der Waals surface area contributed by atoms with Gasteiger partial charge in [-0.25, -0.2) is 0 Å². The highest BCUT2D eigenvalue weighted by Crippen LogP contribution is 2.28. The summed E-state index contributed by atoms with van der Waals surface area (Å²) in [4.78, 5) is 2.57. The Hall–Kier alpha value is -0.540. The summed E-state index contributed by atoms with van der Waals surface area (Å²) in [5.41, 5.74) is 8.97. The summed E-state index contributed by atoms with van der Waals surface area (Å²) in [6, 6.07) is 6.93. The highest BCUT2D eigenvalue weighted by Gasteiger charge is 2.15. The van der Waals surface area contributed by atoms with Gasteiger partial charge in [-0.3, -0.25) is 0 Å². The smallest absolute Gasteiger partial charge is 0.0410 e. The molecule has 1 aromatic carbocycles. The van der Waals surface area contributed by atoms with Crippen LogP contribution in [0.1, 0.15) is 51.0 Å². The molecule has 0 bridgehead atoms. The molecule has 1 saturated heterocycles. The van der Waals surface area contributed by atoms with Crippen LogP contribution in [0.15, 0.2) is 22.7 Å². The first-order valence-corrected chi connectivity index (χ1v) is 8.79. The van der Waals surface area contributed by atoms with Crippen LogP contribution in [0.25, 0.3) is 0 Å². The molecule has 1 fully saturated rings. The van der Waals surface area contributed by atoms with E-state index in [-0.39, 0.29) is 6.04 Å². The summed E-state index contributed by atoms with van der Waals surface area (Å²) in [6.07, 6.45) is 8.78. The molecule has 3 heteroatoms. The molecule has 0 saturated carbocycles. The Labute approximate surface area is 131 Å². The predicted octanol–water partition coefficient (Wildman–Crippen LogP) is 4.50. The fourth-order valence-electron chi connectivity index (χ4n) is 2.92. The quantitative estimate of drug-likeness (QED) is 0.875. The number of nitrogens with zero attached hydrogens (tertiary/aromatic N) is 1. The summed E-state index contributed by atoms with van der Waals surface area (Å²) in [6.45, 7) is 4.54. The van der Waals surface area contributed by atoms with E-state index >= 15 is 0 Å². The maximum atomic E-state index is 6.17. The second-order valence-corrected chi connectivity index (χ2v) is 6.82. The fraction of sp³-hybridized carbons (Fsp3) is 0.647. The first-order valence-electron chi connectivity index (χ1n) is 7.99. The van der Waals surface area contributed by atoms with Gasteiger partial charge in [0.15, 0.2) is 0 Å². The van der Waals surface area contributed by atoms with Crippen molar-refractivity contribution in [3.63, 3.8) is 0 Å². The average molecular weight is 339 g/mol. The maximum absolute atomic E-state index is 6.17. The van der Waals surface area contributed by atoms with Crippen molar-refractivity contribution in [2.75, 3.05) is 18.0 Å². The molecule has 2 nitrogen and oxygen atoms in total. The normalized spacial score (nSPS) is 18.4. The first kappa shape index (κ1) is 15.8. The molecular weight excluding hydrogens is 312 g/mol. The number of hydrogen-bond acceptors (Lipinski definition) is 2. The van der Waals surface area contributed by atoms with Crippen LogP contribution in [0.2, 0.25) is 0 Å². The molecule has 112 valence electrons. The van der Waals surface area contributed by atoms with Crippen molar-refractivity contribution in [2.24, 2.45) is 5.73 Å². The molecule has 1 heterocycles. The first-order chi connectivity index (χ1) is 9.70. The lowest BCUT2D eigenvalue weighted by Crippen LogP contribution is -2.29. The monoisotopic (exact) mass is 338 g/mol. The van der Waals surface area contributed by atoms with Crippen LogP contribution in [0.4, 0.5) is 5.69 Å². The van der Waals surface area contributed by atoms with Gasteiger partial charge in [0, 0.05) is 29.3 Å². The molecule has 0 amide bonds. The predicted molar refractivity (Wildman–Crippen MR) is 91.4 cm³/mol. The van der Waals surface area contributed by atoms with E-state index in [0.717, 1.165) is 12.8 Å². The summed E-state index contributed by atoms with van der Waals surface area (Å²) in [5, 5.41) is 0. The van der Waals surface area contributed by atoms with Gasteiger partial charge in [0.05, 0.1) is 0 Å². The highest BCUT2D eigenvalue weighted by molar-refractivity contribution is 9.10. The van der Waals surface area contributed by atoms with Gasteiger partial charge in [-0.05, 0) is 43.4 Å². The number of anilines is 1. The molecule has 20 heavy (non-hydrogen) atoms. The Morgan fingerprint density at radius 2 is 1.80 bits per heavy atom. The lowest BCUT2D eigenvalue weighted by atomic mass is 10.0. The third-order valence-electron chi connectivity index (χ3n) is 4.25. The van der Waals surface area contributed by atoms with Crippen molar-refractivity contribution in [1.82, 2.24) is 0 Å². The molecular formula is C17H27BrN2. The van der Waals surface area contributed by atoms with E-state index in [1.165, 1.54) is 60.9 Å². The van der Waals surface area contributed by atoms with Crippen LogP contribution in [-0.2, 0) is 6.42 Å². The Morgan fingerprint density at radius 1 is 1.15 bits per heavy atom. The molecule has 1 atom stereocenters. The van der Waals surface area contributed by atoms with Crippen molar-refractivity contribution in [3.05, 3.63) is 28.2 Å². The number of hydrogen-bond donors (Lipinski definition) is 1. The van der Waals surface area contributed by atoms with Crippen LogP contribution in [0.5, 0.6) is 0 Å². The standard InChI is InChI=1S/C17H27BrN2/c1-2-16(19)12-14-8-9-15(18)13-17(14)20-10-6-4-3-5-7-11-20/h8-9,13,16H,2-7,10-12,19H2,1H3. The Balaban J connectivity index is 2.20. The average Bonchev–Trinajstić information content (AvgIpc) is 2.40. The lowest BCUT2D eigenvalue weighted by Gasteiger charge is -2.29. The number of nitrogens with two attached hydrogens (primary N) is 1. The van der Waals surface area contributed by atoms with Gasteiger partial charge in [-0.15, -0.1) is 0 Å². The van der Waals surface area contributed by atoms with E-state index in [1.807, 2.05) is 0 Å². The highest BCUT2D eigenvalue weighted by atomic mass is 79.9. The maximum Gasteiger partial charge on any atom is 0.0410 e. The van der Waals surface area contributed by atoms with Crippen LogP contribution in [0, 0.1) is 0 Å². The van der Waals surface area contributed by atoms with E-state index in [0.29, 0.717) is 0 Å². The minimum absolute atomic E-state index is 0.268. The van der Waals surface area contributed by atoms with Gasteiger partial charge < -0.3 is 10.6 Å². The molecule has 2 rings (SSSR count). The van der Waals surface area contributed by atoms with Crippen molar-refractivity contribution < 1.29 is 0 Å². The molecule has 0 radical (unpaired) electrons. The van der Waals surface area contributed by atoms with Gasteiger partial charge in [-0.2, -0.15) is 0 Å². The largest absolute Gasteiger partial charge is 0.371 e. The molecule has 0 aromatic heterocycles. The fourth-order valence-corrected chi connectivity index (χ4v) is 3.27. The van der Waals surface area contributed by atoms with Gasteiger partial charge in [-0.1, -0.05) is 48.2 Å². The number of halogens is 1. The number of benzene rings is 1. The Morgan fingerprint density at radius 3 is 2.45 bits per heavy atom. The third kappa shape index (κ3) is 4.49. The zero-order chi connectivity index (χ0) is 14.4. The van der Waals surface area contributed by atoms with Gasteiger partial charge in [0.25, 0.3) is 0 Å². The Kier molecular flexibility index (Phi) is 6.37. The van der Waals surface area contributed by atoms with Crippen molar-refractivity contribution >= 4 is 21.6 Å². The second kappa shape index (κ2) is 8.04. The van der Waals surface area contributed by atoms with Crippen molar-refractivity contribution in [3.8, 4) is 0 Å². The zero-order valence-electron chi connectivity index (χ0n) is 12.6. The van der Waals surface area contributed by atoms with E-state index in [4.69, 9.17) is 5.73 Å². The molecule has 1 aromatic rings. The molecule has 2 N–H and O–H groups in total. The van der Waals surface area contributed by atoms with Crippen molar-refractivity contribution in [2.45, 2.75) is 57.9 Å². The molecule has 0 aliphatic carbocycles. The van der Waals surface area contributed by atoms with Crippen LogP contribution in [-0.4, -0.2) is 19.1 Å². The number of rotatable bonds is 4. The van der Waals surface area contributed by atoms with Gasteiger partial charge in [0.2, 0.25) is 0 Å². The molecule has 1 aliphatic heterocycles. The third-order valence-corrected chi connectivity index (χ3v) is 4.74. The zero-order valence-corrected chi connectivity index (χ0v) is 14.2. The SMILES string of the molecule is CCC(N)Cc1ccc(Br)cc1N1CCCCCCC1. The van der Waals surface area contributed by atoms with Gasteiger partial charge >= 0.3 is 0 Å². The van der Waals surface area contributed by atoms with Gasteiger partial charge in [0.1, 0.15) is 0 Å². The van der Waals surface area contributed by atoms with E-state index < -0.39 is 0 Å². The Bertz CT molecular complexity index is 411. The van der Waals surface area contributed by atoms with Crippen LogP contribution >= 0.6 is 15.9 Å².